The summed E-state index contributed by atoms with van der Waals surface area (Å²) >= 11 is 0. The highest BCUT2D eigenvalue weighted by molar-refractivity contribution is 5.81. The van der Waals surface area contributed by atoms with Crippen LogP contribution in [0.3, 0.4) is 0 Å². The molecule has 1 aliphatic heterocycles. The van der Waals surface area contributed by atoms with Crippen LogP contribution in [0.25, 0.3) is 0 Å². The van der Waals surface area contributed by atoms with Gasteiger partial charge in [-0.1, -0.05) is 26.7 Å². The molecule has 2 heteroatoms. The van der Waals surface area contributed by atoms with E-state index in [4.69, 9.17) is 4.74 Å². The van der Waals surface area contributed by atoms with E-state index in [9.17, 15) is 4.79 Å². The topological polar surface area (TPSA) is 26.3 Å². The third kappa shape index (κ3) is 3.47. The van der Waals surface area contributed by atoms with E-state index in [1.54, 1.807) is 0 Å². The molecule has 1 saturated heterocycles. The Balaban J connectivity index is 2.06. The first kappa shape index (κ1) is 10.7. The van der Waals surface area contributed by atoms with Crippen LogP contribution in [0.2, 0.25) is 0 Å². The van der Waals surface area contributed by atoms with Crippen molar-refractivity contribution in [1.29, 1.82) is 0 Å². The molecule has 1 fully saturated rings. The summed E-state index contributed by atoms with van der Waals surface area (Å²) in [7, 11) is 0. The summed E-state index contributed by atoms with van der Waals surface area (Å²) in [6.07, 6.45) is 4.29. The summed E-state index contributed by atoms with van der Waals surface area (Å²) in [5.74, 6) is 1.35. The molecule has 2 nitrogen and oxygen atoms in total. The third-order valence-electron chi connectivity index (χ3n) is 2.76. The van der Waals surface area contributed by atoms with E-state index in [0.717, 1.165) is 12.8 Å². The highest BCUT2D eigenvalue weighted by atomic mass is 16.5. The first-order valence-corrected chi connectivity index (χ1v) is 5.34. The van der Waals surface area contributed by atoms with Crippen molar-refractivity contribution in [2.24, 2.45) is 11.8 Å². The third-order valence-corrected chi connectivity index (χ3v) is 2.76. The molecule has 0 aliphatic carbocycles. The monoisotopic (exact) mass is 184 g/mol. The molecule has 13 heavy (non-hydrogen) atoms. The predicted octanol–water partition coefficient (Wildman–Crippen LogP) is 2.42. The van der Waals surface area contributed by atoms with Crippen molar-refractivity contribution in [2.75, 3.05) is 13.2 Å². The van der Waals surface area contributed by atoms with Gasteiger partial charge in [0.05, 0.1) is 19.1 Å². The zero-order valence-electron chi connectivity index (χ0n) is 8.71. The van der Waals surface area contributed by atoms with Crippen molar-refractivity contribution in [3.8, 4) is 0 Å². The van der Waals surface area contributed by atoms with Crippen LogP contribution in [0, 0.1) is 11.8 Å². The second-order valence-corrected chi connectivity index (χ2v) is 4.13. The molecule has 0 aromatic rings. The Morgan fingerprint density at radius 2 is 2.15 bits per heavy atom. The van der Waals surface area contributed by atoms with E-state index in [-0.39, 0.29) is 5.92 Å². The van der Waals surface area contributed by atoms with E-state index >= 15 is 0 Å². The number of ether oxygens (including phenoxy) is 1. The first-order chi connectivity index (χ1) is 6.24. The maximum absolute atomic E-state index is 11.5. The number of rotatable bonds is 6. The van der Waals surface area contributed by atoms with Crippen LogP contribution in [-0.2, 0) is 9.53 Å². The molecule has 76 valence electrons. The first-order valence-electron chi connectivity index (χ1n) is 5.34. The van der Waals surface area contributed by atoms with Gasteiger partial charge < -0.3 is 4.74 Å². The Bertz CT molecular complexity index is 161. The average Bonchev–Trinajstić information content (AvgIpc) is 1.98. The lowest BCUT2D eigenvalue weighted by molar-refractivity contribution is -0.136. The molecule has 0 bridgehead atoms. The summed E-state index contributed by atoms with van der Waals surface area (Å²) in [5.41, 5.74) is 0. The fourth-order valence-corrected chi connectivity index (χ4v) is 1.65. The Morgan fingerprint density at radius 3 is 2.62 bits per heavy atom. The largest absolute Gasteiger partial charge is 0.380 e. The molecule has 0 aromatic carbocycles. The van der Waals surface area contributed by atoms with Crippen molar-refractivity contribution in [1.82, 2.24) is 0 Å². The summed E-state index contributed by atoms with van der Waals surface area (Å²) in [6, 6.07) is 0. The van der Waals surface area contributed by atoms with E-state index in [1.807, 2.05) is 0 Å². The lowest BCUT2D eigenvalue weighted by Crippen LogP contribution is -2.34. The molecule has 0 saturated carbocycles. The van der Waals surface area contributed by atoms with Gasteiger partial charge in [-0.3, -0.25) is 4.79 Å². The van der Waals surface area contributed by atoms with Gasteiger partial charge in [-0.2, -0.15) is 0 Å². The highest BCUT2D eigenvalue weighted by Crippen LogP contribution is 2.18. The molecule has 1 aliphatic rings. The van der Waals surface area contributed by atoms with Gasteiger partial charge in [-0.15, -0.1) is 0 Å². The van der Waals surface area contributed by atoms with Crippen LogP contribution >= 0.6 is 0 Å². The van der Waals surface area contributed by atoms with Gasteiger partial charge in [0.25, 0.3) is 0 Å². The van der Waals surface area contributed by atoms with E-state index in [2.05, 4.69) is 13.8 Å². The van der Waals surface area contributed by atoms with E-state index in [0.29, 0.717) is 24.9 Å². The van der Waals surface area contributed by atoms with Crippen LogP contribution < -0.4 is 0 Å². The smallest absolute Gasteiger partial charge is 0.140 e. The second kappa shape index (κ2) is 5.38. The number of carbonyl (C=O) groups is 1. The summed E-state index contributed by atoms with van der Waals surface area (Å²) in [4.78, 5) is 11.5. The minimum absolute atomic E-state index is 0.230. The summed E-state index contributed by atoms with van der Waals surface area (Å²) in [5, 5.41) is 0. The number of hydrogen-bond acceptors (Lipinski definition) is 2. The van der Waals surface area contributed by atoms with Crippen molar-refractivity contribution < 1.29 is 9.53 Å². The minimum atomic E-state index is 0.230. The molecule has 1 rings (SSSR count). The Labute approximate surface area is 80.7 Å². The zero-order valence-corrected chi connectivity index (χ0v) is 8.71. The van der Waals surface area contributed by atoms with Gasteiger partial charge >= 0.3 is 0 Å². The van der Waals surface area contributed by atoms with Gasteiger partial charge in [0.15, 0.2) is 0 Å². The van der Waals surface area contributed by atoms with Gasteiger partial charge in [0.2, 0.25) is 0 Å². The maximum atomic E-state index is 11.5. The van der Waals surface area contributed by atoms with Crippen molar-refractivity contribution in [2.45, 2.75) is 39.5 Å². The molecule has 0 amide bonds. The predicted molar refractivity (Wildman–Crippen MR) is 52.6 cm³/mol. The van der Waals surface area contributed by atoms with E-state index < -0.39 is 0 Å². The molecular weight excluding hydrogens is 164 g/mol. The zero-order chi connectivity index (χ0) is 9.68. The molecular formula is C11H20O2. The Kier molecular flexibility index (Phi) is 4.43. The second-order valence-electron chi connectivity index (χ2n) is 4.13. The van der Waals surface area contributed by atoms with E-state index in [1.165, 1.54) is 12.8 Å². The standard InChI is InChI=1S/C11H20O2/c1-3-4-9(2)5-6-11(12)10-7-13-8-10/h9-10H,3-8H2,1-2H3. The van der Waals surface area contributed by atoms with Crippen molar-refractivity contribution >= 4 is 5.78 Å². The molecule has 0 radical (unpaired) electrons. The fourth-order valence-electron chi connectivity index (χ4n) is 1.65. The number of ketones is 1. The average molecular weight is 184 g/mol. The molecule has 1 heterocycles. The maximum Gasteiger partial charge on any atom is 0.140 e. The van der Waals surface area contributed by atoms with Gasteiger partial charge in [-0.05, 0) is 12.3 Å². The van der Waals surface area contributed by atoms with Crippen LogP contribution in [0.4, 0.5) is 0 Å². The van der Waals surface area contributed by atoms with Gasteiger partial charge in [-0.25, -0.2) is 0 Å². The quantitative estimate of drug-likeness (QED) is 0.633. The van der Waals surface area contributed by atoms with Crippen molar-refractivity contribution in [3.63, 3.8) is 0 Å². The summed E-state index contributed by atoms with van der Waals surface area (Å²) in [6.45, 7) is 5.76. The Hall–Kier alpha value is -0.370. The lowest BCUT2D eigenvalue weighted by Gasteiger charge is -2.24. The fraction of sp³-hybridized carbons (Fsp3) is 0.909. The van der Waals surface area contributed by atoms with Crippen molar-refractivity contribution in [3.05, 3.63) is 0 Å². The SMILES string of the molecule is CCCC(C)CCC(=O)C1COC1. The number of carbonyl (C=O) groups excluding carboxylic acids is 1. The minimum Gasteiger partial charge on any atom is -0.380 e. The molecule has 0 spiro atoms. The van der Waals surface area contributed by atoms with Gasteiger partial charge in [0, 0.05) is 6.42 Å². The number of hydrogen-bond donors (Lipinski definition) is 0. The molecule has 1 atom stereocenters. The highest BCUT2D eigenvalue weighted by Gasteiger charge is 2.25. The van der Waals surface area contributed by atoms with Crippen LogP contribution in [0.5, 0.6) is 0 Å². The van der Waals surface area contributed by atoms with Gasteiger partial charge in [0.1, 0.15) is 5.78 Å². The summed E-state index contributed by atoms with van der Waals surface area (Å²) < 4.78 is 4.99. The molecule has 0 N–H and O–H groups in total. The molecule has 0 aromatic heterocycles. The van der Waals surface area contributed by atoms with Crippen LogP contribution in [-0.4, -0.2) is 19.0 Å². The Morgan fingerprint density at radius 1 is 1.46 bits per heavy atom. The normalized spacial score (nSPS) is 19.5. The van der Waals surface area contributed by atoms with Crippen LogP contribution in [0.1, 0.15) is 39.5 Å². The molecule has 1 unspecified atom stereocenters. The lowest BCUT2D eigenvalue weighted by atomic mass is 9.93. The number of Topliss-reactive ketones (excluding diaryl/α,β-unsaturated/α-hetero) is 1. The van der Waals surface area contributed by atoms with Crippen LogP contribution in [0.15, 0.2) is 0 Å².